The highest BCUT2D eigenvalue weighted by molar-refractivity contribution is 7.74. The molecule has 0 radical (unpaired) electrons. The molecule has 0 amide bonds. The predicted molar refractivity (Wildman–Crippen MR) is 219 cm³/mol. The van der Waals surface area contributed by atoms with Crippen LogP contribution in [0.2, 0.25) is 0 Å². The fourth-order valence-electron chi connectivity index (χ4n) is 7.72. The first kappa shape index (κ1) is 35.0. The lowest BCUT2D eigenvalue weighted by Crippen LogP contribution is -2.23. The zero-order valence-corrected chi connectivity index (χ0v) is 32.2. The lowest BCUT2D eigenvalue weighted by atomic mass is 10.0. The van der Waals surface area contributed by atoms with Gasteiger partial charge in [-0.2, -0.15) is 0 Å². The van der Waals surface area contributed by atoms with Crippen molar-refractivity contribution in [1.82, 2.24) is 0 Å². The third-order valence-electron chi connectivity index (χ3n) is 9.38. The van der Waals surface area contributed by atoms with Crippen molar-refractivity contribution in [2.45, 2.75) is 73.1 Å². The summed E-state index contributed by atoms with van der Waals surface area (Å²) in [6.07, 6.45) is 1.05. The van der Waals surface area contributed by atoms with Gasteiger partial charge in [-0.3, -0.25) is 0 Å². The van der Waals surface area contributed by atoms with Crippen LogP contribution in [-0.2, 0) is 0 Å². The molecule has 0 nitrogen and oxygen atoms in total. The van der Waals surface area contributed by atoms with Crippen molar-refractivity contribution in [2.75, 3.05) is 0 Å². The average Bonchev–Trinajstić information content (AvgIpc) is 3.03. The minimum Gasteiger partial charge on any atom is -0.0622 e. The summed E-state index contributed by atoms with van der Waals surface area (Å²) in [5.74, 6) is 0. The Balaban J connectivity index is 1.64. The van der Waals surface area contributed by atoms with Crippen molar-refractivity contribution >= 4 is 37.1 Å². The maximum atomic E-state index is 2.47. The smallest absolute Gasteiger partial charge is 0.0131 e. The predicted octanol–water partition coefficient (Wildman–Crippen LogP) is 11.6. The topological polar surface area (TPSA) is 0 Å². The van der Waals surface area contributed by atoms with Crippen molar-refractivity contribution in [2.24, 2.45) is 0 Å². The van der Waals surface area contributed by atoms with Crippen LogP contribution in [0.5, 0.6) is 0 Å². The van der Waals surface area contributed by atoms with E-state index in [2.05, 4.69) is 189 Å². The molecule has 2 heteroatoms. The fourth-order valence-corrected chi connectivity index (χ4v) is 14.4. The van der Waals surface area contributed by atoms with Crippen LogP contribution in [0, 0.1) is 55.4 Å². The molecular weight excluding hydrogens is 626 g/mol. The van der Waals surface area contributed by atoms with Crippen LogP contribution in [-0.4, -0.2) is 0 Å². The van der Waals surface area contributed by atoms with E-state index in [4.69, 9.17) is 0 Å². The van der Waals surface area contributed by atoms with Gasteiger partial charge in [-0.25, -0.2) is 0 Å². The average molecular weight is 677 g/mol. The van der Waals surface area contributed by atoms with Gasteiger partial charge in [0.2, 0.25) is 0 Å². The molecular formula is C47H50P2. The standard InChI is InChI=1S/C47H50P2/c1-32-19-33(2)24-42(23-32)48(43-25-34(3)20-35(4)26-43)46(40-15-11-9-12-16-40)31-47(41-17-13-10-14-18-41)49(44-27-36(5)21-37(6)28-44)45-29-38(7)22-39(8)30-45/h9-30,46-47H,31H2,1-8H3. The van der Waals surface area contributed by atoms with Gasteiger partial charge >= 0.3 is 0 Å². The van der Waals surface area contributed by atoms with E-state index in [1.807, 2.05) is 0 Å². The summed E-state index contributed by atoms with van der Waals surface area (Å²) in [5.41, 5.74) is 14.2. The normalized spacial score (nSPS) is 12.8. The van der Waals surface area contributed by atoms with E-state index in [9.17, 15) is 0 Å². The highest BCUT2D eigenvalue weighted by Crippen LogP contribution is 2.61. The van der Waals surface area contributed by atoms with Crippen LogP contribution >= 0.6 is 15.8 Å². The second-order valence-corrected chi connectivity index (χ2v) is 19.0. The molecule has 0 bridgehead atoms. The lowest BCUT2D eigenvalue weighted by Gasteiger charge is -2.37. The summed E-state index contributed by atoms with van der Waals surface area (Å²) in [5, 5.41) is 5.89. The Kier molecular flexibility index (Phi) is 11.0. The van der Waals surface area contributed by atoms with Crippen LogP contribution < -0.4 is 21.2 Å². The molecule has 0 saturated carbocycles. The van der Waals surface area contributed by atoms with Gasteiger partial charge in [-0.05, 0) is 110 Å². The van der Waals surface area contributed by atoms with Crippen molar-refractivity contribution in [3.8, 4) is 0 Å². The van der Waals surface area contributed by atoms with Crippen molar-refractivity contribution in [3.63, 3.8) is 0 Å². The van der Waals surface area contributed by atoms with Crippen LogP contribution in [0.15, 0.2) is 133 Å². The number of rotatable bonds is 10. The van der Waals surface area contributed by atoms with Crippen LogP contribution in [0.1, 0.15) is 73.4 Å². The van der Waals surface area contributed by atoms with Gasteiger partial charge in [0, 0.05) is 11.3 Å². The minimum atomic E-state index is -0.755. The Morgan fingerprint density at radius 1 is 0.327 bits per heavy atom. The molecule has 0 spiro atoms. The Morgan fingerprint density at radius 2 is 0.551 bits per heavy atom. The van der Waals surface area contributed by atoms with E-state index in [-0.39, 0.29) is 0 Å². The van der Waals surface area contributed by atoms with Gasteiger partial charge in [0.1, 0.15) is 0 Å². The highest BCUT2D eigenvalue weighted by Gasteiger charge is 2.35. The molecule has 2 unspecified atom stereocenters. The molecule has 6 aromatic carbocycles. The molecule has 6 rings (SSSR count). The molecule has 0 saturated heterocycles. The Morgan fingerprint density at radius 3 is 0.776 bits per heavy atom. The quantitative estimate of drug-likeness (QED) is 0.127. The molecule has 0 aliphatic carbocycles. The van der Waals surface area contributed by atoms with Crippen LogP contribution in [0.3, 0.4) is 0 Å². The SMILES string of the molecule is Cc1cc(C)cc(P(c2cc(C)cc(C)c2)C(CC(c2ccccc2)P(c2cc(C)cc(C)c2)c2cc(C)cc(C)c2)c2ccccc2)c1. The van der Waals surface area contributed by atoms with Gasteiger partial charge < -0.3 is 0 Å². The van der Waals surface area contributed by atoms with E-state index < -0.39 is 15.8 Å². The maximum Gasteiger partial charge on any atom is 0.0131 e. The summed E-state index contributed by atoms with van der Waals surface area (Å²) in [7, 11) is -1.51. The summed E-state index contributed by atoms with van der Waals surface area (Å²) in [4.78, 5) is 0. The van der Waals surface area contributed by atoms with E-state index in [0.717, 1.165) is 6.42 Å². The molecule has 0 aliphatic rings. The largest absolute Gasteiger partial charge is 0.0622 e. The zero-order chi connectivity index (χ0) is 34.7. The zero-order valence-electron chi connectivity index (χ0n) is 30.5. The summed E-state index contributed by atoms with van der Waals surface area (Å²) in [6.45, 7) is 18.1. The Bertz CT molecular complexity index is 1710. The number of aryl methyl sites for hydroxylation is 8. The highest BCUT2D eigenvalue weighted by atomic mass is 31.1. The number of hydrogen-bond acceptors (Lipinski definition) is 0. The molecule has 49 heavy (non-hydrogen) atoms. The third kappa shape index (κ3) is 8.50. The molecule has 0 aromatic heterocycles. The molecule has 0 N–H and O–H groups in total. The summed E-state index contributed by atoms with van der Waals surface area (Å²) < 4.78 is 0. The summed E-state index contributed by atoms with van der Waals surface area (Å²) >= 11 is 0. The van der Waals surface area contributed by atoms with Gasteiger partial charge in [-0.1, -0.05) is 178 Å². The molecule has 0 aliphatic heterocycles. The van der Waals surface area contributed by atoms with E-state index in [1.165, 1.54) is 76.9 Å². The van der Waals surface area contributed by atoms with E-state index >= 15 is 0 Å². The Labute approximate surface area is 298 Å². The molecule has 0 fully saturated rings. The van der Waals surface area contributed by atoms with Gasteiger partial charge in [-0.15, -0.1) is 0 Å². The van der Waals surface area contributed by atoms with Gasteiger partial charge in [0.05, 0.1) is 0 Å². The molecule has 248 valence electrons. The van der Waals surface area contributed by atoms with Crippen LogP contribution in [0.25, 0.3) is 0 Å². The second-order valence-electron chi connectivity index (χ2n) is 14.2. The molecule has 0 heterocycles. The number of benzene rings is 6. The van der Waals surface area contributed by atoms with Crippen molar-refractivity contribution in [1.29, 1.82) is 0 Å². The molecule has 6 aromatic rings. The minimum absolute atomic E-state index is 0.311. The fraction of sp³-hybridized carbons (Fsp3) is 0.234. The first-order valence-electron chi connectivity index (χ1n) is 17.6. The van der Waals surface area contributed by atoms with E-state index in [1.54, 1.807) is 0 Å². The monoisotopic (exact) mass is 676 g/mol. The maximum absolute atomic E-state index is 2.47. The van der Waals surface area contributed by atoms with Crippen LogP contribution in [0.4, 0.5) is 0 Å². The lowest BCUT2D eigenvalue weighted by molar-refractivity contribution is 0.775. The first-order valence-corrected chi connectivity index (χ1v) is 20.4. The summed E-state index contributed by atoms with van der Waals surface area (Å²) in [6, 6.07) is 51.9. The second kappa shape index (κ2) is 15.4. The van der Waals surface area contributed by atoms with Gasteiger partial charge in [0.25, 0.3) is 0 Å². The van der Waals surface area contributed by atoms with E-state index in [0.29, 0.717) is 11.3 Å². The third-order valence-corrected chi connectivity index (χ3v) is 14.9. The van der Waals surface area contributed by atoms with Crippen molar-refractivity contribution in [3.05, 3.63) is 189 Å². The number of hydrogen-bond donors (Lipinski definition) is 0. The molecule has 2 atom stereocenters. The first-order chi connectivity index (χ1) is 23.5. The van der Waals surface area contributed by atoms with Crippen molar-refractivity contribution < 1.29 is 0 Å². The van der Waals surface area contributed by atoms with Gasteiger partial charge in [0.15, 0.2) is 0 Å². The Hall–Kier alpha value is -3.82.